The van der Waals surface area contributed by atoms with Gasteiger partial charge >= 0.3 is 0 Å². The molecule has 0 spiro atoms. The molecule has 0 aromatic carbocycles. The van der Waals surface area contributed by atoms with Crippen LogP contribution in [0.2, 0.25) is 0 Å². The van der Waals surface area contributed by atoms with Gasteiger partial charge in [0, 0.05) is 19.6 Å². The van der Waals surface area contributed by atoms with Crippen LogP contribution in [0.3, 0.4) is 0 Å². The van der Waals surface area contributed by atoms with Crippen molar-refractivity contribution in [2.24, 2.45) is 0 Å². The zero-order chi connectivity index (χ0) is 16.9. The van der Waals surface area contributed by atoms with Crippen molar-refractivity contribution in [1.82, 2.24) is 4.98 Å². The van der Waals surface area contributed by atoms with E-state index in [4.69, 9.17) is 15.2 Å². The number of aromatic nitrogens is 1. The van der Waals surface area contributed by atoms with Crippen LogP contribution in [0.15, 0.2) is 61.0 Å². The second-order valence-corrected chi connectivity index (χ2v) is 4.77. The lowest BCUT2D eigenvalue weighted by atomic mass is 10.1. The predicted molar refractivity (Wildman–Crippen MR) is 96.8 cm³/mol. The SMILES string of the molecule is C=C\C(=C/C=C(\C=C/C)c1ccc(N)cn1)OCCCOCC. The standard InChI is InChI=1S/C19H26N2O2/c1-4-8-16(19-12-10-17(20)15-21-19)9-11-18(5-2)23-14-7-13-22-6-3/h4-5,8-12,15H,2,6-7,13-14,20H2,1,3H3/b8-4-,16-9+,18-11+. The van der Waals surface area contributed by atoms with Crippen molar-refractivity contribution in [2.75, 3.05) is 25.6 Å². The molecule has 0 saturated heterocycles. The van der Waals surface area contributed by atoms with Gasteiger partial charge in [-0.2, -0.15) is 0 Å². The van der Waals surface area contributed by atoms with Gasteiger partial charge in [0.15, 0.2) is 0 Å². The van der Waals surface area contributed by atoms with Crippen LogP contribution in [0, 0.1) is 0 Å². The number of nitrogens with two attached hydrogens (primary N) is 1. The summed E-state index contributed by atoms with van der Waals surface area (Å²) in [6.45, 7) is 9.76. The fourth-order valence-corrected chi connectivity index (χ4v) is 1.82. The Hall–Kier alpha value is -2.33. The number of nitrogens with zero attached hydrogens (tertiary/aromatic N) is 1. The fraction of sp³-hybridized carbons (Fsp3) is 0.316. The van der Waals surface area contributed by atoms with Gasteiger partial charge < -0.3 is 15.2 Å². The summed E-state index contributed by atoms with van der Waals surface area (Å²) in [5.74, 6) is 0.721. The zero-order valence-electron chi connectivity index (χ0n) is 14.0. The first-order chi connectivity index (χ1) is 11.2. The quantitative estimate of drug-likeness (QED) is 0.401. The molecule has 2 N–H and O–H groups in total. The summed E-state index contributed by atoms with van der Waals surface area (Å²) in [6, 6.07) is 3.73. The van der Waals surface area contributed by atoms with Gasteiger partial charge in [-0.05, 0) is 49.8 Å². The van der Waals surface area contributed by atoms with Crippen molar-refractivity contribution < 1.29 is 9.47 Å². The summed E-state index contributed by atoms with van der Waals surface area (Å²) in [4.78, 5) is 4.34. The summed E-state index contributed by atoms with van der Waals surface area (Å²) in [6.07, 6.45) is 12.0. The molecule has 0 fully saturated rings. The molecule has 1 heterocycles. The highest BCUT2D eigenvalue weighted by atomic mass is 16.5. The predicted octanol–water partition coefficient (Wildman–Crippen LogP) is 4.14. The molecule has 124 valence electrons. The van der Waals surface area contributed by atoms with E-state index in [9.17, 15) is 0 Å². The van der Waals surface area contributed by atoms with Crippen molar-refractivity contribution in [1.29, 1.82) is 0 Å². The number of rotatable bonds is 10. The van der Waals surface area contributed by atoms with Crippen molar-refractivity contribution in [3.8, 4) is 0 Å². The molecule has 0 amide bonds. The summed E-state index contributed by atoms with van der Waals surface area (Å²) >= 11 is 0. The first-order valence-electron chi connectivity index (χ1n) is 7.80. The molecule has 0 aliphatic carbocycles. The van der Waals surface area contributed by atoms with Crippen LogP contribution in [0.1, 0.15) is 26.0 Å². The van der Waals surface area contributed by atoms with Crippen molar-refractivity contribution in [3.63, 3.8) is 0 Å². The number of hydrogen-bond donors (Lipinski definition) is 1. The lowest BCUT2D eigenvalue weighted by Crippen LogP contribution is -2.00. The van der Waals surface area contributed by atoms with Crippen molar-refractivity contribution >= 4 is 11.3 Å². The highest BCUT2D eigenvalue weighted by Crippen LogP contribution is 2.16. The minimum absolute atomic E-state index is 0.602. The Morgan fingerprint density at radius 2 is 2.13 bits per heavy atom. The van der Waals surface area contributed by atoms with Crippen LogP contribution in [-0.4, -0.2) is 24.8 Å². The van der Waals surface area contributed by atoms with Gasteiger partial charge in [0.1, 0.15) is 5.76 Å². The topological polar surface area (TPSA) is 57.4 Å². The number of ether oxygens (including phenoxy) is 2. The third-order valence-electron chi connectivity index (χ3n) is 2.96. The van der Waals surface area contributed by atoms with Gasteiger partial charge in [0.05, 0.1) is 24.2 Å². The minimum Gasteiger partial charge on any atom is -0.494 e. The van der Waals surface area contributed by atoms with E-state index in [0.29, 0.717) is 18.9 Å². The van der Waals surface area contributed by atoms with Gasteiger partial charge in [-0.3, -0.25) is 4.98 Å². The Kier molecular flexibility index (Phi) is 9.17. The third-order valence-corrected chi connectivity index (χ3v) is 2.96. The number of allylic oxidation sites excluding steroid dienone is 6. The smallest absolute Gasteiger partial charge is 0.118 e. The summed E-state index contributed by atoms with van der Waals surface area (Å²) in [5.41, 5.74) is 8.16. The second kappa shape index (κ2) is 11.3. The van der Waals surface area contributed by atoms with Crippen LogP contribution in [0.4, 0.5) is 5.69 Å². The molecule has 0 bridgehead atoms. The molecule has 0 aliphatic heterocycles. The number of pyridine rings is 1. The molecular formula is C19H26N2O2. The van der Waals surface area contributed by atoms with E-state index in [0.717, 1.165) is 30.1 Å². The Balaban J connectivity index is 2.76. The Bertz CT molecular complexity index is 557. The molecular weight excluding hydrogens is 288 g/mol. The molecule has 0 unspecified atom stereocenters. The van der Waals surface area contributed by atoms with Crippen LogP contribution in [0.25, 0.3) is 5.57 Å². The molecule has 1 aromatic rings. The first-order valence-corrected chi connectivity index (χ1v) is 7.80. The van der Waals surface area contributed by atoms with Gasteiger partial charge in [-0.15, -0.1) is 0 Å². The fourth-order valence-electron chi connectivity index (χ4n) is 1.82. The molecule has 0 saturated carbocycles. The molecule has 1 aromatic heterocycles. The summed E-state index contributed by atoms with van der Waals surface area (Å²) < 4.78 is 11.0. The van der Waals surface area contributed by atoms with Gasteiger partial charge in [0.2, 0.25) is 0 Å². The van der Waals surface area contributed by atoms with Crippen molar-refractivity contribution in [2.45, 2.75) is 20.3 Å². The number of nitrogen functional groups attached to an aromatic ring is 1. The number of hydrogen-bond acceptors (Lipinski definition) is 4. The van der Waals surface area contributed by atoms with Crippen molar-refractivity contribution in [3.05, 3.63) is 66.7 Å². The Morgan fingerprint density at radius 3 is 2.74 bits per heavy atom. The molecule has 1 rings (SSSR count). The van der Waals surface area contributed by atoms with E-state index in [2.05, 4.69) is 11.6 Å². The normalized spacial score (nSPS) is 12.6. The number of anilines is 1. The van der Waals surface area contributed by atoms with E-state index in [1.165, 1.54) is 0 Å². The molecule has 0 atom stereocenters. The third kappa shape index (κ3) is 7.47. The zero-order valence-corrected chi connectivity index (χ0v) is 14.0. The maximum absolute atomic E-state index is 5.68. The molecule has 0 aliphatic rings. The molecule has 4 heteroatoms. The van der Waals surface area contributed by atoms with E-state index in [1.807, 2.05) is 50.3 Å². The van der Waals surface area contributed by atoms with E-state index in [-0.39, 0.29) is 0 Å². The summed E-state index contributed by atoms with van der Waals surface area (Å²) in [7, 11) is 0. The van der Waals surface area contributed by atoms with Crippen LogP contribution < -0.4 is 5.73 Å². The maximum atomic E-state index is 5.68. The van der Waals surface area contributed by atoms with E-state index >= 15 is 0 Å². The highest BCUT2D eigenvalue weighted by molar-refractivity contribution is 5.73. The van der Waals surface area contributed by atoms with Crippen LogP contribution in [-0.2, 0) is 9.47 Å². The van der Waals surface area contributed by atoms with Crippen LogP contribution >= 0.6 is 0 Å². The highest BCUT2D eigenvalue weighted by Gasteiger charge is 1.99. The molecule has 4 nitrogen and oxygen atoms in total. The average molecular weight is 314 g/mol. The first kappa shape index (κ1) is 18.7. The summed E-state index contributed by atoms with van der Waals surface area (Å²) in [5, 5.41) is 0. The van der Waals surface area contributed by atoms with E-state index < -0.39 is 0 Å². The second-order valence-electron chi connectivity index (χ2n) is 4.77. The lowest BCUT2D eigenvalue weighted by molar-refractivity contribution is 0.118. The Labute approximate surface area is 139 Å². The van der Waals surface area contributed by atoms with Gasteiger partial charge in [-0.1, -0.05) is 18.7 Å². The monoisotopic (exact) mass is 314 g/mol. The van der Waals surface area contributed by atoms with Crippen LogP contribution in [0.5, 0.6) is 0 Å². The van der Waals surface area contributed by atoms with Gasteiger partial charge in [-0.25, -0.2) is 0 Å². The largest absolute Gasteiger partial charge is 0.494 e. The van der Waals surface area contributed by atoms with Gasteiger partial charge in [0.25, 0.3) is 0 Å². The van der Waals surface area contributed by atoms with E-state index in [1.54, 1.807) is 12.3 Å². The lowest BCUT2D eigenvalue weighted by Gasteiger charge is -2.07. The minimum atomic E-state index is 0.602. The Morgan fingerprint density at radius 1 is 1.30 bits per heavy atom. The maximum Gasteiger partial charge on any atom is 0.118 e. The molecule has 23 heavy (non-hydrogen) atoms. The molecule has 0 radical (unpaired) electrons. The average Bonchev–Trinajstić information content (AvgIpc) is 2.57.